The first kappa shape index (κ1) is 27.4. The summed E-state index contributed by atoms with van der Waals surface area (Å²) >= 11 is 0. The number of carbonyl (C=O) groups excluding carboxylic acids is 1. The summed E-state index contributed by atoms with van der Waals surface area (Å²) in [7, 11) is -7.35. The molecule has 36 heavy (non-hydrogen) atoms. The van der Waals surface area contributed by atoms with Gasteiger partial charge in [-0.3, -0.25) is 9.10 Å². The Labute approximate surface area is 214 Å². The second-order valence-electron chi connectivity index (χ2n) is 9.20. The van der Waals surface area contributed by atoms with Crippen molar-refractivity contribution in [3.05, 3.63) is 89.5 Å². The average Bonchev–Trinajstić information content (AvgIpc) is 2.82. The van der Waals surface area contributed by atoms with Crippen molar-refractivity contribution in [2.24, 2.45) is 0 Å². The molecule has 0 saturated heterocycles. The summed E-state index contributed by atoms with van der Waals surface area (Å²) in [5, 5.41) is 2.82. The lowest BCUT2D eigenvalue weighted by molar-refractivity contribution is -0.120. The van der Waals surface area contributed by atoms with Crippen LogP contribution in [0.4, 0.5) is 5.69 Å². The van der Waals surface area contributed by atoms with E-state index in [1.54, 1.807) is 43.3 Å². The van der Waals surface area contributed by atoms with Gasteiger partial charge in [-0.15, -0.1) is 0 Å². The van der Waals surface area contributed by atoms with E-state index in [-0.39, 0.29) is 15.7 Å². The van der Waals surface area contributed by atoms with E-state index in [9.17, 15) is 21.6 Å². The van der Waals surface area contributed by atoms with E-state index in [0.29, 0.717) is 11.3 Å². The molecule has 0 spiro atoms. The van der Waals surface area contributed by atoms with Gasteiger partial charge in [-0.25, -0.2) is 16.8 Å². The minimum absolute atomic E-state index is 0.0956. The van der Waals surface area contributed by atoms with E-state index in [0.717, 1.165) is 21.7 Å². The van der Waals surface area contributed by atoms with Gasteiger partial charge in [-0.2, -0.15) is 0 Å². The Morgan fingerprint density at radius 2 is 1.28 bits per heavy atom. The second kappa shape index (κ2) is 10.8. The molecule has 0 aromatic heterocycles. The van der Waals surface area contributed by atoms with Gasteiger partial charge in [-0.05, 0) is 67.3 Å². The number of rotatable bonds is 9. The van der Waals surface area contributed by atoms with Crippen LogP contribution in [0.25, 0.3) is 0 Å². The highest BCUT2D eigenvalue weighted by Crippen LogP contribution is 2.26. The van der Waals surface area contributed by atoms with Gasteiger partial charge in [0.25, 0.3) is 10.0 Å². The summed E-state index contributed by atoms with van der Waals surface area (Å²) in [6, 6.07) is 19.4. The lowest BCUT2D eigenvalue weighted by atomic mass is 10.0. The Morgan fingerprint density at radius 1 is 0.778 bits per heavy atom. The molecule has 1 atom stereocenters. The fourth-order valence-corrected chi connectivity index (χ4v) is 5.73. The Balaban J connectivity index is 1.88. The van der Waals surface area contributed by atoms with Crippen molar-refractivity contribution in [3.63, 3.8) is 0 Å². The number of aryl methyl sites for hydroxylation is 1. The minimum atomic E-state index is -4.02. The average molecular weight is 529 g/mol. The molecule has 7 nitrogen and oxygen atoms in total. The lowest BCUT2D eigenvalue weighted by Gasteiger charge is -2.25. The van der Waals surface area contributed by atoms with Gasteiger partial charge >= 0.3 is 0 Å². The van der Waals surface area contributed by atoms with Gasteiger partial charge in [0.05, 0.1) is 21.5 Å². The Hall–Kier alpha value is -3.17. The molecule has 0 radical (unpaired) electrons. The number of hydrogen-bond acceptors (Lipinski definition) is 5. The van der Waals surface area contributed by atoms with Gasteiger partial charge in [0.1, 0.15) is 6.54 Å². The standard InChI is InChI=1S/C27H32N2O5S2/c1-19(2)22-8-12-24(13-9-22)29(36(33,34)26-14-6-20(3)7-15-26)18-27(30)28-21(4)23-10-16-25(17-11-23)35(5,31)32/h6-17,19,21H,18H2,1-5H3,(H,28,30)/t21-/m0/s1. The molecule has 3 aromatic carbocycles. The van der Waals surface area contributed by atoms with Crippen LogP contribution in [0.3, 0.4) is 0 Å². The molecule has 0 bridgehead atoms. The Morgan fingerprint density at radius 3 is 1.78 bits per heavy atom. The largest absolute Gasteiger partial charge is 0.348 e. The monoisotopic (exact) mass is 528 g/mol. The zero-order valence-corrected chi connectivity index (χ0v) is 22.7. The third-order valence-electron chi connectivity index (χ3n) is 5.93. The SMILES string of the molecule is Cc1ccc(S(=O)(=O)N(CC(=O)N[C@@H](C)c2ccc(S(C)(=O)=O)cc2)c2ccc(C(C)C)cc2)cc1. The van der Waals surface area contributed by atoms with E-state index in [4.69, 9.17) is 0 Å². The molecule has 0 aliphatic carbocycles. The number of amides is 1. The molecule has 0 fully saturated rings. The minimum Gasteiger partial charge on any atom is -0.348 e. The van der Waals surface area contributed by atoms with Gasteiger partial charge in [0.15, 0.2) is 9.84 Å². The molecule has 192 valence electrons. The van der Waals surface area contributed by atoms with E-state index < -0.39 is 38.4 Å². The predicted molar refractivity (Wildman–Crippen MR) is 142 cm³/mol. The molecule has 0 heterocycles. The third-order valence-corrected chi connectivity index (χ3v) is 8.85. The molecule has 0 aliphatic heterocycles. The molecular weight excluding hydrogens is 496 g/mol. The van der Waals surface area contributed by atoms with Crippen LogP contribution >= 0.6 is 0 Å². The van der Waals surface area contributed by atoms with Crippen molar-refractivity contribution in [1.82, 2.24) is 5.32 Å². The van der Waals surface area contributed by atoms with Gasteiger partial charge < -0.3 is 5.32 Å². The fourth-order valence-electron chi connectivity index (χ4n) is 3.68. The molecule has 0 saturated carbocycles. The Kier molecular flexibility index (Phi) is 8.26. The maximum Gasteiger partial charge on any atom is 0.264 e. The third kappa shape index (κ3) is 6.53. The van der Waals surface area contributed by atoms with Crippen molar-refractivity contribution in [3.8, 4) is 0 Å². The molecule has 9 heteroatoms. The van der Waals surface area contributed by atoms with E-state index in [1.807, 2.05) is 32.9 Å². The smallest absolute Gasteiger partial charge is 0.264 e. The topological polar surface area (TPSA) is 101 Å². The second-order valence-corrected chi connectivity index (χ2v) is 13.1. The number of hydrogen-bond donors (Lipinski definition) is 1. The van der Waals surface area contributed by atoms with E-state index >= 15 is 0 Å². The Bertz CT molecular complexity index is 1410. The van der Waals surface area contributed by atoms with Crippen molar-refractivity contribution in [1.29, 1.82) is 0 Å². The first-order chi connectivity index (χ1) is 16.8. The molecule has 1 amide bonds. The van der Waals surface area contributed by atoms with Crippen LogP contribution < -0.4 is 9.62 Å². The van der Waals surface area contributed by atoms with E-state index in [2.05, 4.69) is 5.32 Å². The quantitative estimate of drug-likeness (QED) is 0.438. The van der Waals surface area contributed by atoms with E-state index in [1.165, 1.54) is 24.3 Å². The van der Waals surface area contributed by atoms with Crippen molar-refractivity contribution >= 4 is 31.5 Å². The predicted octanol–water partition coefficient (Wildman–Crippen LogP) is 4.59. The highest BCUT2D eigenvalue weighted by Gasteiger charge is 2.28. The number of benzene rings is 3. The van der Waals surface area contributed by atoms with Crippen molar-refractivity contribution in [2.75, 3.05) is 17.1 Å². The molecule has 0 unspecified atom stereocenters. The summed E-state index contributed by atoms with van der Waals surface area (Å²) in [4.78, 5) is 13.3. The van der Waals surface area contributed by atoms with Gasteiger partial charge in [0.2, 0.25) is 5.91 Å². The highest BCUT2D eigenvalue weighted by atomic mass is 32.2. The summed E-state index contributed by atoms with van der Waals surface area (Å²) in [5.74, 6) is -0.210. The maximum absolute atomic E-state index is 13.6. The maximum atomic E-state index is 13.6. The number of nitrogens with one attached hydrogen (secondary N) is 1. The van der Waals surface area contributed by atoms with Gasteiger partial charge in [0, 0.05) is 6.26 Å². The van der Waals surface area contributed by atoms with Crippen LogP contribution in [0.1, 0.15) is 49.4 Å². The van der Waals surface area contributed by atoms with Crippen LogP contribution in [-0.2, 0) is 24.7 Å². The number of anilines is 1. The van der Waals surface area contributed by atoms with Crippen LogP contribution in [-0.4, -0.2) is 35.5 Å². The molecular formula is C27H32N2O5S2. The number of nitrogens with zero attached hydrogens (tertiary/aromatic N) is 1. The lowest BCUT2D eigenvalue weighted by Crippen LogP contribution is -2.41. The first-order valence-electron chi connectivity index (χ1n) is 11.6. The summed E-state index contributed by atoms with van der Waals surface area (Å²) in [6.07, 6.45) is 1.13. The van der Waals surface area contributed by atoms with Crippen LogP contribution in [0.2, 0.25) is 0 Å². The number of sulfonamides is 1. The number of carbonyl (C=O) groups is 1. The summed E-state index contributed by atoms with van der Waals surface area (Å²) < 4.78 is 51.7. The van der Waals surface area contributed by atoms with Gasteiger partial charge in [-0.1, -0.05) is 55.8 Å². The summed E-state index contributed by atoms with van der Waals surface area (Å²) in [6.45, 7) is 7.31. The molecule has 0 aliphatic rings. The summed E-state index contributed by atoms with van der Waals surface area (Å²) in [5.41, 5.74) is 3.07. The molecule has 3 aromatic rings. The van der Waals surface area contributed by atoms with Crippen molar-refractivity contribution < 1.29 is 21.6 Å². The zero-order chi connectivity index (χ0) is 26.7. The fraction of sp³-hybridized carbons (Fsp3) is 0.296. The normalized spacial score (nSPS) is 12.8. The zero-order valence-electron chi connectivity index (χ0n) is 21.1. The van der Waals surface area contributed by atoms with Crippen LogP contribution in [0, 0.1) is 6.92 Å². The molecule has 3 rings (SSSR count). The number of sulfone groups is 1. The molecule has 1 N–H and O–H groups in total. The highest BCUT2D eigenvalue weighted by molar-refractivity contribution is 7.93. The van der Waals surface area contributed by atoms with Crippen molar-refractivity contribution in [2.45, 2.75) is 49.4 Å². The first-order valence-corrected chi connectivity index (χ1v) is 14.9. The van der Waals surface area contributed by atoms with Crippen LogP contribution in [0.5, 0.6) is 0 Å². The van der Waals surface area contributed by atoms with Crippen LogP contribution in [0.15, 0.2) is 82.6 Å².